The first kappa shape index (κ1) is 12.2. The molecule has 6 heteroatoms. The van der Waals surface area contributed by atoms with Gasteiger partial charge in [0.1, 0.15) is 0 Å². The van der Waals surface area contributed by atoms with Crippen molar-refractivity contribution in [3.8, 4) is 0 Å². The molecule has 0 spiro atoms. The van der Waals surface area contributed by atoms with Crippen molar-refractivity contribution < 1.29 is 13.0 Å². The Bertz CT molecular complexity index is 233. The Balaban J connectivity index is 4.10. The monoisotopic (exact) mass is 213 g/mol. The molecule has 0 saturated heterocycles. The summed E-state index contributed by atoms with van der Waals surface area (Å²) in [6.45, 7) is 5.57. The fourth-order valence-corrected chi connectivity index (χ4v) is 2.31. The van der Waals surface area contributed by atoms with Crippen molar-refractivity contribution in [2.24, 2.45) is 11.7 Å². The average molecular weight is 213 g/mol. The third kappa shape index (κ3) is 4.97. The van der Waals surface area contributed by atoms with Gasteiger partial charge in [-0.05, 0) is 23.6 Å². The molecule has 0 aliphatic carbocycles. The van der Waals surface area contributed by atoms with Crippen molar-refractivity contribution in [2.45, 2.75) is 26.3 Å². The molecule has 0 aliphatic rings. The van der Waals surface area contributed by atoms with Gasteiger partial charge in [0.25, 0.3) is 0 Å². The Labute approximate surface area is 77.1 Å². The quantitative estimate of drug-likeness (QED) is 0.535. The first-order chi connectivity index (χ1) is 5.15. The summed E-state index contributed by atoms with van der Waals surface area (Å²) in [5.41, 5.74) is 5.20. The second-order valence-electron chi connectivity index (χ2n) is 3.35. The van der Waals surface area contributed by atoms with Gasteiger partial charge in [-0.1, -0.05) is 13.8 Å². The highest BCUT2D eigenvalue weighted by Gasteiger charge is 2.25. The van der Waals surface area contributed by atoms with Gasteiger partial charge in [-0.3, -0.25) is 4.55 Å². The number of rotatable bonds is 4. The minimum atomic E-state index is -3.95. The molecule has 0 bridgehead atoms. The van der Waals surface area contributed by atoms with Crippen LogP contribution in [0.15, 0.2) is 0 Å². The molecule has 12 heavy (non-hydrogen) atoms. The van der Waals surface area contributed by atoms with Gasteiger partial charge in [0.05, 0.1) is 0 Å². The third-order valence-electron chi connectivity index (χ3n) is 1.84. The lowest BCUT2D eigenvalue weighted by atomic mass is 9.92. The average Bonchev–Trinajstić information content (AvgIpc) is 1.82. The summed E-state index contributed by atoms with van der Waals surface area (Å²) >= 11 is 0. The van der Waals surface area contributed by atoms with Gasteiger partial charge < -0.3 is 5.73 Å². The van der Waals surface area contributed by atoms with Crippen molar-refractivity contribution in [1.82, 2.24) is 0 Å². The topological polar surface area (TPSA) is 80.4 Å². The van der Waals surface area contributed by atoms with Gasteiger partial charge >= 0.3 is 9.15 Å². The summed E-state index contributed by atoms with van der Waals surface area (Å²) in [7, 11) is -3.48. The van der Waals surface area contributed by atoms with Crippen LogP contribution < -0.4 is 5.73 Å². The summed E-state index contributed by atoms with van der Waals surface area (Å²) in [6.07, 6.45) is 0. The van der Waals surface area contributed by atoms with Crippen LogP contribution >= 0.6 is 10.8 Å². The maximum absolute atomic E-state index is 10.4. The molecule has 0 saturated carbocycles. The second kappa shape index (κ2) is 3.95. The molecule has 74 valence electrons. The predicted octanol–water partition coefficient (Wildman–Crippen LogP) is 0.896. The van der Waals surface area contributed by atoms with Crippen molar-refractivity contribution in [2.75, 3.05) is 5.75 Å². The lowest BCUT2D eigenvalue weighted by Crippen LogP contribution is -2.44. The molecule has 0 aliphatic heterocycles. The van der Waals surface area contributed by atoms with E-state index in [2.05, 4.69) is 0 Å². The van der Waals surface area contributed by atoms with Gasteiger partial charge in [-0.15, -0.1) is 0 Å². The van der Waals surface area contributed by atoms with E-state index in [1.54, 1.807) is 6.92 Å². The molecule has 0 radical (unpaired) electrons. The minimum Gasteiger partial charge on any atom is -0.324 e. The molecule has 1 atom stereocenters. The highest BCUT2D eigenvalue weighted by molar-refractivity contribution is 8.69. The zero-order valence-electron chi connectivity index (χ0n) is 7.44. The Morgan fingerprint density at radius 3 is 2.25 bits per heavy atom. The van der Waals surface area contributed by atoms with E-state index in [1.165, 1.54) is 0 Å². The Morgan fingerprint density at radius 1 is 1.58 bits per heavy atom. The lowest BCUT2D eigenvalue weighted by molar-refractivity contribution is 0.381. The smallest absolute Gasteiger partial charge is 0.319 e. The maximum atomic E-state index is 10.4. The minimum absolute atomic E-state index is 0.173. The van der Waals surface area contributed by atoms with Crippen LogP contribution in [-0.2, 0) is 9.15 Å². The van der Waals surface area contributed by atoms with Crippen LogP contribution in [-0.4, -0.2) is 24.3 Å². The van der Waals surface area contributed by atoms with Crippen molar-refractivity contribution in [3.05, 3.63) is 0 Å². The van der Waals surface area contributed by atoms with E-state index in [4.69, 9.17) is 10.3 Å². The lowest BCUT2D eigenvalue weighted by Gasteiger charge is -2.27. The molecule has 4 nitrogen and oxygen atoms in total. The molecular weight excluding hydrogens is 198 g/mol. The van der Waals surface area contributed by atoms with Gasteiger partial charge in [0.15, 0.2) is 0 Å². The fourth-order valence-electron chi connectivity index (χ4n) is 0.368. The fraction of sp³-hybridized carbons (Fsp3) is 1.00. The van der Waals surface area contributed by atoms with Crippen LogP contribution in [0.1, 0.15) is 20.8 Å². The molecule has 0 aromatic carbocycles. The molecule has 1 unspecified atom stereocenters. The maximum Gasteiger partial charge on any atom is 0.319 e. The van der Waals surface area contributed by atoms with Gasteiger partial charge in [0.2, 0.25) is 0 Å². The Kier molecular flexibility index (Phi) is 4.02. The van der Waals surface area contributed by atoms with Crippen LogP contribution in [0.5, 0.6) is 0 Å². The third-order valence-corrected chi connectivity index (χ3v) is 4.12. The largest absolute Gasteiger partial charge is 0.324 e. The van der Waals surface area contributed by atoms with E-state index in [-0.39, 0.29) is 11.7 Å². The van der Waals surface area contributed by atoms with E-state index >= 15 is 0 Å². The highest BCUT2D eigenvalue weighted by Crippen LogP contribution is 2.21. The summed E-state index contributed by atoms with van der Waals surface area (Å²) < 4.78 is 29.2. The van der Waals surface area contributed by atoms with Crippen molar-refractivity contribution >= 4 is 19.9 Å². The van der Waals surface area contributed by atoms with E-state index in [0.717, 1.165) is 0 Å². The van der Waals surface area contributed by atoms with Gasteiger partial charge in [0, 0.05) is 11.3 Å². The number of hydrogen-bond donors (Lipinski definition) is 2. The van der Waals surface area contributed by atoms with Crippen LogP contribution in [0.25, 0.3) is 0 Å². The molecule has 0 aromatic heterocycles. The van der Waals surface area contributed by atoms with Gasteiger partial charge in [-0.2, -0.15) is 8.42 Å². The standard InChI is InChI=1S/C6H15NO3S2/c1-5(2)6(3,7)4-11-12(8,9)10/h5H,4,7H2,1-3H3,(H,8,9,10). The van der Waals surface area contributed by atoms with E-state index in [0.29, 0.717) is 10.8 Å². The molecule has 0 aromatic rings. The number of hydrogen-bond acceptors (Lipinski definition) is 4. The molecule has 0 heterocycles. The molecular formula is C6H15NO3S2. The first-order valence-corrected chi connectivity index (χ1v) is 6.50. The van der Waals surface area contributed by atoms with Crippen molar-refractivity contribution in [1.29, 1.82) is 0 Å². The van der Waals surface area contributed by atoms with E-state index in [9.17, 15) is 8.42 Å². The van der Waals surface area contributed by atoms with Crippen molar-refractivity contribution in [3.63, 3.8) is 0 Å². The second-order valence-corrected chi connectivity index (χ2v) is 6.70. The van der Waals surface area contributed by atoms with E-state index in [1.807, 2.05) is 13.8 Å². The summed E-state index contributed by atoms with van der Waals surface area (Å²) in [4.78, 5) is 0. The Morgan fingerprint density at radius 2 is 2.00 bits per heavy atom. The van der Waals surface area contributed by atoms with Crippen LogP contribution in [0.2, 0.25) is 0 Å². The Hall–Kier alpha value is 0.220. The summed E-state index contributed by atoms with van der Waals surface area (Å²) in [6, 6.07) is 0. The van der Waals surface area contributed by atoms with Crippen LogP contribution in [0.4, 0.5) is 0 Å². The van der Waals surface area contributed by atoms with Crippen LogP contribution in [0.3, 0.4) is 0 Å². The first-order valence-electron chi connectivity index (χ1n) is 3.56. The van der Waals surface area contributed by atoms with Crippen LogP contribution in [0, 0.1) is 5.92 Å². The molecule has 0 rings (SSSR count). The molecule has 3 N–H and O–H groups in total. The number of nitrogens with two attached hydrogens (primary N) is 1. The zero-order valence-corrected chi connectivity index (χ0v) is 9.08. The SMILES string of the molecule is CC(C)C(C)(N)CSS(=O)(=O)O. The zero-order chi connectivity index (χ0) is 9.99. The predicted molar refractivity (Wildman–Crippen MR) is 51.4 cm³/mol. The molecule has 0 amide bonds. The summed E-state index contributed by atoms with van der Waals surface area (Å²) in [5, 5.41) is 0. The summed E-state index contributed by atoms with van der Waals surface area (Å²) in [5.74, 6) is 0.371. The van der Waals surface area contributed by atoms with Gasteiger partial charge in [-0.25, -0.2) is 0 Å². The highest BCUT2D eigenvalue weighted by atomic mass is 33.1. The molecule has 0 fully saturated rings. The van der Waals surface area contributed by atoms with E-state index < -0.39 is 14.7 Å². The normalized spacial score (nSPS) is 17.8.